The van der Waals surface area contributed by atoms with Crippen molar-refractivity contribution < 1.29 is 24.1 Å². The van der Waals surface area contributed by atoms with Crippen LogP contribution in [0.4, 0.5) is 0 Å². The predicted molar refractivity (Wildman–Crippen MR) is 54.6 cm³/mol. The van der Waals surface area contributed by atoms with Gasteiger partial charge in [0.2, 0.25) is 0 Å². The summed E-state index contributed by atoms with van der Waals surface area (Å²) in [5, 5.41) is 0. The Morgan fingerprint density at radius 2 is 2.21 bits per heavy atom. The Morgan fingerprint density at radius 3 is 2.64 bits per heavy atom. The van der Waals surface area contributed by atoms with Crippen molar-refractivity contribution in [3.8, 4) is 0 Å². The van der Waals surface area contributed by atoms with Crippen LogP contribution in [-0.4, -0.2) is 10.2 Å². The first-order valence-corrected chi connectivity index (χ1v) is 6.61. The van der Waals surface area contributed by atoms with Gasteiger partial charge >= 0.3 is 96.7 Å². The molecule has 0 unspecified atom stereocenters. The zero-order chi connectivity index (χ0) is 10.6. The Kier molecular flexibility index (Phi) is 4.68. The zero-order valence-electron chi connectivity index (χ0n) is 8.67. The van der Waals surface area contributed by atoms with E-state index in [1.54, 1.807) is 0 Å². The van der Waals surface area contributed by atoms with Crippen LogP contribution in [0.5, 0.6) is 0 Å². The molecule has 0 aromatic rings. The van der Waals surface area contributed by atoms with Crippen LogP contribution >= 0.6 is 0 Å². The molecule has 0 atom stereocenters. The molecule has 0 N–H and O–H groups in total. The van der Waals surface area contributed by atoms with E-state index in [4.69, 9.17) is 0 Å². The van der Waals surface area contributed by atoms with Gasteiger partial charge in [-0.1, -0.05) is 0 Å². The Morgan fingerprint density at radius 1 is 1.50 bits per heavy atom. The molecule has 14 heavy (non-hydrogen) atoms. The summed E-state index contributed by atoms with van der Waals surface area (Å²) in [6.07, 6.45) is 7.44. The first-order valence-electron chi connectivity index (χ1n) is 4.91. The molecule has 0 aromatic carbocycles. The molecule has 0 saturated carbocycles. The van der Waals surface area contributed by atoms with Crippen LogP contribution in [0.15, 0.2) is 17.2 Å². The van der Waals surface area contributed by atoms with Crippen LogP contribution in [0.1, 0.15) is 33.1 Å². The number of allylic oxidation sites excluding steroid dienone is 4. The number of rotatable bonds is 3. The molecule has 0 bridgehead atoms. The van der Waals surface area contributed by atoms with E-state index in [0.29, 0.717) is 24.5 Å². The second-order valence-electron chi connectivity index (χ2n) is 3.83. The van der Waals surface area contributed by atoms with Crippen molar-refractivity contribution in [3.05, 3.63) is 23.3 Å². The average Bonchev–Trinajstić information content (AvgIpc) is 2.16. The van der Waals surface area contributed by atoms with Gasteiger partial charge < -0.3 is 0 Å². The average molecular weight is 359 g/mol. The first-order chi connectivity index (χ1) is 6.63. The van der Waals surface area contributed by atoms with Gasteiger partial charge in [0.25, 0.3) is 0 Å². The number of hydrogen-bond donors (Lipinski definition) is 0. The maximum absolute atomic E-state index is 11.0. The first kappa shape index (κ1) is 11.8. The molecular formula is C12H15OW-. The zero-order valence-corrected chi connectivity index (χ0v) is 11.6. The fourth-order valence-corrected chi connectivity index (χ4v) is 2.55. The van der Waals surface area contributed by atoms with Gasteiger partial charge in [-0.05, 0) is 0 Å². The third kappa shape index (κ3) is 3.46. The fraction of sp³-hybridized carbons (Fsp3) is 0.500. The van der Waals surface area contributed by atoms with Crippen LogP contribution < -0.4 is 0 Å². The SMILES string of the molecule is CC(C)/C([CH]=[W])=C/C1=[C-]CC(=O)CC1. The van der Waals surface area contributed by atoms with Crippen molar-refractivity contribution in [2.75, 3.05) is 0 Å². The fourth-order valence-electron chi connectivity index (χ4n) is 1.32. The standard InChI is InChI=1S/C12H15O.W/c1-9(2)10(3)8-11-4-6-12(13)7-5-11;/h3,8-9H,4,6-7H2,1-2H3;/q-1;/b10-8+;. The molecular weight excluding hydrogens is 344 g/mol. The molecule has 0 fully saturated rings. The maximum atomic E-state index is 11.0. The molecule has 1 aliphatic rings. The molecule has 0 spiro atoms. The summed E-state index contributed by atoms with van der Waals surface area (Å²) in [6, 6.07) is 0. The normalized spacial score (nSPS) is 18.4. The molecule has 1 rings (SSSR count). The Bertz CT molecular complexity index is 297. The van der Waals surface area contributed by atoms with E-state index >= 15 is 0 Å². The van der Waals surface area contributed by atoms with E-state index in [-0.39, 0.29) is 0 Å². The van der Waals surface area contributed by atoms with Gasteiger partial charge in [0.05, 0.1) is 0 Å². The summed E-state index contributed by atoms with van der Waals surface area (Å²) in [7, 11) is 0. The van der Waals surface area contributed by atoms with Crippen LogP contribution in [0.2, 0.25) is 0 Å². The van der Waals surface area contributed by atoms with Crippen molar-refractivity contribution in [3.63, 3.8) is 0 Å². The van der Waals surface area contributed by atoms with Crippen molar-refractivity contribution >= 4 is 10.2 Å². The molecule has 0 amide bonds. The van der Waals surface area contributed by atoms with Gasteiger partial charge in [0.1, 0.15) is 0 Å². The summed E-state index contributed by atoms with van der Waals surface area (Å²) in [5.74, 6) is 0.888. The summed E-state index contributed by atoms with van der Waals surface area (Å²) < 4.78 is 2.22. The van der Waals surface area contributed by atoms with E-state index in [1.165, 1.54) is 30.5 Å². The quantitative estimate of drug-likeness (QED) is 0.708. The molecule has 0 saturated heterocycles. The topological polar surface area (TPSA) is 17.1 Å². The Balaban J connectivity index is 2.75. The van der Waals surface area contributed by atoms with Gasteiger partial charge in [-0.2, -0.15) is 0 Å². The van der Waals surface area contributed by atoms with Gasteiger partial charge in [-0.25, -0.2) is 0 Å². The minimum absolute atomic E-state index is 0.319. The van der Waals surface area contributed by atoms with Crippen LogP contribution in [0, 0.1) is 12.0 Å². The van der Waals surface area contributed by atoms with Crippen molar-refractivity contribution in [1.29, 1.82) is 0 Å². The van der Waals surface area contributed by atoms with Gasteiger partial charge in [-0.15, -0.1) is 0 Å². The van der Waals surface area contributed by atoms with E-state index in [9.17, 15) is 4.79 Å². The van der Waals surface area contributed by atoms with E-state index < -0.39 is 0 Å². The molecule has 2 heteroatoms. The molecule has 0 heterocycles. The summed E-state index contributed by atoms with van der Waals surface area (Å²) in [5.41, 5.74) is 2.59. The molecule has 0 aliphatic heterocycles. The van der Waals surface area contributed by atoms with Crippen LogP contribution in [0.3, 0.4) is 0 Å². The number of carbonyl (C=O) groups excluding carboxylic acids is 1. The molecule has 76 valence electrons. The monoisotopic (exact) mass is 359 g/mol. The second-order valence-corrected chi connectivity index (χ2v) is 4.68. The number of hydrogen-bond acceptors (Lipinski definition) is 1. The van der Waals surface area contributed by atoms with Crippen molar-refractivity contribution in [2.24, 2.45) is 5.92 Å². The predicted octanol–water partition coefficient (Wildman–Crippen LogP) is 2.40. The number of carbonyl (C=O) groups is 1. The third-order valence-electron chi connectivity index (χ3n) is 2.33. The minimum atomic E-state index is 0.319. The van der Waals surface area contributed by atoms with Crippen molar-refractivity contribution in [1.82, 2.24) is 0 Å². The summed E-state index contributed by atoms with van der Waals surface area (Å²) in [4.78, 5) is 11.0. The molecule has 1 aliphatic carbocycles. The third-order valence-corrected chi connectivity index (χ3v) is 3.31. The van der Waals surface area contributed by atoms with E-state index in [1.807, 2.05) is 0 Å². The second kappa shape index (κ2) is 5.56. The van der Waals surface area contributed by atoms with Gasteiger partial charge in [-0.3, -0.25) is 0 Å². The summed E-state index contributed by atoms with van der Waals surface area (Å²) in [6.45, 7) is 4.39. The molecule has 0 aromatic heterocycles. The Hall–Kier alpha value is -0.292. The summed E-state index contributed by atoms with van der Waals surface area (Å²) >= 11 is 1.48. The number of ketones is 1. The van der Waals surface area contributed by atoms with Gasteiger partial charge in [0.15, 0.2) is 0 Å². The number of Topliss-reactive ketones (excluding diaryl/α,β-unsaturated/α-hetero) is 1. The molecule has 0 radical (unpaired) electrons. The molecule has 1 nitrogen and oxygen atoms in total. The van der Waals surface area contributed by atoms with E-state index in [0.717, 1.165) is 6.42 Å². The van der Waals surface area contributed by atoms with E-state index in [2.05, 4.69) is 30.4 Å². The van der Waals surface area contributed by atoms with Gasteiger partial charge in [0, 0.05) is 0 Å². The van der Waals surface area contributed by atoms with Crippen LogP contribution in [0.25, 0.3) is 0 Å². The van der Waals surface area contributed by atoms with Crippen molar-refractivity contribution in [2.45, 2.75) is 33.1 Å². The van der Waals surface area contributed by atoms with Crippen LogP contribution in [-0.2, 0) is 24.1 Å². The Labute approximate surface area is 96.7 Å².